The number of aldehydes is 1. The van der Waals surface area contributed by atoms with E-state index in [-0.39, 0.29) is 22.8 Å². The van der Waals surface area contributed by atoms with E-state index in [2.05, 4.69) is 36.1 Å². The van der Waals surface area contributed by atoms with Crippen molar-refractivity contribution in [3.8, 4) is 0 Å². The van der Waals surface area contributed by atoms with Gasteiger partial charge in [0.25, 0.3) is 0 Å². The number of halogens is 2. The Hall–Kier alpha value is -1.99. The van der Waals surface area contributed by atoms with Crippen LogP contribution in [0.15, 0.2) is 35.1 Å². The minimum absolute atomic E-state index is 0.0884. The standard InChI is InChI=1S/C17H16BrClN4O2/c18-14-9-20-16(15(19)21-14)22-17(25)12-5-7-23(8-6-12)13-3-1-11(10-24)2-4-13/h1-4,9-10,12H,5-8H2,(H,20,22,25). The molecule has 1 fully saturated rings. The first-order valence-electron chi connectivity index (χ1n) is 7.86. The third-order valence-electron chi connectivity index (χ3n) is 4.20. The summed E-state index contributed by atoms with van der Waals surface area (Å²) in [5.41, 5.74) is 1.72. The molecule has 0 bridgehead atoms. The van der Waals surface area contributed by atoms with Crippen LogP contribution >= 0.6 is 27.5 Å². The fourth-order valence-corrected chi connectivity index (χ4v) is 3.38. The van der Waals surface area contributed by atoms with Crippen LogP contribution in [0.2, 0.25) is 5.15 Å². The molecule has 130 valence electrons. The Morgan fingerprint density at radius 2 is 1.96 bits per heavy atom. The number of nitrogens with zero attached hydrogens (tertiary/aromatic N) is 3. The average Bonchev–Trinajstić information content (AvgIpc) is 2.64. The van der Waals surface area contributed by atoms with E-state index in [4.69, 9.17) is 11.6 Å². The molecule has 3 rings (SSSR count). The molecule has 0 unspecified atom stereocenters. The highest BCUT2D eigenvalue weighted by Gasteiger charge is 2.26. The van der Waals surface area contributed by atoms with Crippen molar-refractivity contribution < 1.29 is 9.59 Å². The summed E-state index contributed by atoms with van der Waals surface area (Å²) in [7, 11) is 0. The van der Waals surface area contributed by atoms with Gasteiger partial charge in [0, 0.05) is 30.3 Å². The number of nitrogens with one attached hydrogen (secondary N) is 1. The largest absolute Gasteiger partial charge is 0.371 e. The van der Waals surface area contributed by atoms with Crippen molar-refractivity contribution >= 4 is 51.2 Å². The third kappa shape index (κ3) is 4.35. The van der Waals surface area contributed by atoms with Crippen molar-refractivity contribution in [3.05, 3.63) is 45.8 Å². The molecule has 6 nitrogen and oxygen atoms in total. The zero-order valence-corrected chi connectivity index (χ0v) is 15.6. The smallest absolute Gasteiger partial charge is 0.228 e. The van der Waals surface area contributed by atoms with Crippen LogP contribution < -0.4 is 10.2 Å². The number of benzene rings is 1. The van der Waals surface area contributed by atoms with E-state index in [1.807, 2.05) is 12.1 Å². The van der Waals surface area contributed by atoms with Crippen LogP contribution in [-0.4, -0.2) is 35.3 Å². The number of carbonyl (C=O) groups excluding carboxylic acids is 2. The molecule has 1 saturated heterocycles. The molecule has 1 aromatic carbocycles. The highest BCUT2D eigenvalue weighted by Crippen LogP contribution is 2.25. The number of hydrogen-bond donors (Lipinski definition) is 1. The zero-order valence-electron chi connectivity index (χ0n) is 13.3. The lowest BCUT2D eigenvalue weighted by molar-refractivity contribution is -0.120. The number of piperidine rings is 1. The van der Waals surface area contributed by atoms with Crippen LogP contribution in [0.3, 0.4) is 0 Å². The second-order valence-corrected chi connectivity index (χ2v) is 6.96. The Labute approximate surface area is 158 Å². The summed E-state index contributed by atoms with van der Waals surface area (Å²) in [6.45, 7) is 1.55. The molecule has 1 aliphatic heterocycles. The van der Waals surface area contributed by atoms with Crippen molar-refractivity contribution in [3.63, 3.8) is 0 Å². The van der Waals surface area contributed by atoms with Crippen LogP contribution in [0.1, 0.15) is 23.2 Å². The lowest BCUT2D eigenvalue weighted by atomic mass is 9.95. The normalized spacial score (nSPS) is 15.0. The van der Waals surface area contributed by atoms with E-state index in [0.29, 0.717) is 10.2 Å². The van der Waals surface area contributed by atoms with Gasteiger partial charge in [-0.1, -0.05) is 11.6 Å². The minimum atomic E-state index is -0.0907. The van der Waals surface area contributed by atoms with Gasteiger partial charge in [-0.05, 0) is 53.0 Å². The SMILES string of the molecule is O=Cc1ccc(N2CCC(C(=O)Nc3ncc(Br)nc3Cl)CC2)cc1. The molecule has 0 spiro atoms. The van der Waals surface area contributed by atoms with Gasteiger partial charge in [0.1, 0.15) is 10.9 Å². The Balaban J connectivity index is 1.57. The quantitative estimate of drug-likeness (QED) is 0.761. The monoisotopic (exact) mass is 422 g/mol. The lowest BCUT2D eigenvalue weighted by Crippen LogP contribution is -2.38. The van der Waals surface area contributed by atoms with E-state index < -0.39 is 0 Å². The number of anilines is 2. The summed E-state index contributed by atoms with van der Waals surface area (Å²) in [5, 5.41) is 2.92. The van der Waals surface area contributed by atoms with Gasteiger partial charge in [-0.3, -0.25) is 9.59 Å². The molecule has 1 amide bonds. The third-order valence-corrected chi connectivity index (χ3v) is 4.85. The molecule has 0 saturated carbocycles. The maximum absolute atomic E-state index is 12.4. The first kappa shape index (κ1) is 17.8. The highest BCUT2D eigenvalue weighted by molar-refractivity contribution is 9.10. The molecule has 1 aliphatic rings. The van der Waals surface area contributed by atoms with Gasteiger partial charge < -0.3 is 10.2 Å². The van der Waals surface area contributed by atoms with Crippen molar-refractivity contribution in [2.24, 2.45) is 5.92 Å². The lowest BCUT2D eigenvalue weighted by Gasteiger charge is -2.33. The predicted molar refractivity (Wildman–Crippen MR) is 100 cm³/mol. The number of carbonyl (C=O) groups is 2. The maximum Gasteiger partial charge on any atom is 0.228 e. The van der Waals surface area contributed by atoms with E-state index in [1.54, 1.807) is 12.1 Å². The molecule has 0 aliphatic carbocycles. The Morgan fingerprint density at radius 1 is 1.28 bits per heavy atom. The summed E-state index contributed by atoms with van der Waals surface area (Å²) in [6.07, 6.45) is 3.80. The van der Waals surface area contributed by atoms with Crippen molar-refractivity contribution in [1.82, 2.24) is 9.97 Å². The summed E-state index contributed by atoms with van der Waals surface area (Å²) in [6, 6.07) is 7.47. The minimum Gasteiger partial charge on any atom is -0.371 e. The second-order valence-electron chi connectivity index (χ2n) is 5.79. The number of rotatable bonds is 4. The predicted octanol–water partition coefficient (Wildman–Crippen LogP) is 3.56. The molecule has 2 aromatic rings. The number of amides is 1. The summed E-state index contributed by atoms with van der Waals surface area (Å²) < 4.78 is 0.518. The fraction of sp³-hybridized carbons (Fsp3) is 0.294. The fourth-order valence-electron chi connectivity index (χ4n) is 2.81. The van der Waals surface area contributed by atoms with Gasteiger partial charge >= 0.3 is 0 Å². The highest BCUT2D eigenvalue weighted by atomic mass is 79.9. The Bertz CT molecular complexity index is 777. The Kier molecular flexibility index (Phi) is 5.65. The second kappa shape index (κ2) is 7.93. The van der Waals surface area contributed by atoms with E-state index in [9.17, 15) is 9.59 Å². The number of aromatic nitrogens is 2. The maximum atomic E-state index is 12.4. The summed E-state index contributed by atoms with van der Waals surface area (Å²) >= 11 is 9.17. The van der Waals surface area contributed by atoms with Crippen LogP contribution in [0.4, 0.5) is 11.5 Å². The molecule has 25 heavy (non-hydrogen) atoms. The van der Waals surface area contributed by atoms with Gasteiger partial charge in [-0.2, -0.15) is 0 Å². The van der Waals surface area contributed by atoms with Crippen LogP contribution in [-0.2, 0) is 4.79 Å². The number of hydrogen-bond acceptors (Lipinski definition) is 5. The molecule has 1 aromatic heterocycles. The van der Waals surface area contributed by atoms with Gasteiger partial charge in [0.05, 0.1) is 6.20 Å². The molecular formula is C17H16BrClN4O2. The first-order valence-corrected chi connectivity index (χ1v) is 9.03. The van der Waals surface area contributed by atoms with Crippen LogP contribution in [0.5, 0.6) is 0 Å². The van der Waals surface area contributed by atoms with Gasteiger partial charge in [-0.25, -0.2) is 9.97 Å². The summed E-state index contributed by atoms with van der Waals surface area (Å²) in [4.78, 5) is 33.5. The van der Waals surface area contributed by atoms with Crippen molar-refractivity contribution in [1.29, 1.82) is 0 Å². The van der Waals surface area contributed by atoms with Gasteiger partial charge in [0.15, 0.2) is 11.0 Å². The van der Waals surface area contributed by atoms with Gasteiger partial charge in [0.2, 0.25) is 5.91 Å². The zero-order chi connectivity index (χ0) is 17.8. The van der Waals surface area contributed by atoms with Crippen molar-refractivity contribution in [2.75, 3.05) is 23.3 Å². The molecule has 0 radical (unpaired) electrons. The molecular weight excluding hydrogens is 408 g/mol. The van der Waals surface area contributed by atoms with Crippen molar-refractivity contribution in [2.45, 2.75) is 12.8 Å². The van der Waals surface area contributed by atoms with E-state index in [0.717, 1.165) is 37.9 Å². The van der Waals surface area contributed by atoms with E-state index in [1.165, 1.54) is 6.20 Å². The Morgan fingerprint density at radius 3 is 2.56 bits per heavy atom. The average molecular weight is 424 g/mol. The van der Waals surface area contributed by atoms with Crippen LogP contribution in [0.25, 0.3) is 0 Å². The molecule has 0 atom stereocenters. The molecule has 1 N–H and O–H groups in total. The topological polar surface area (TPSA) is 75.2 Å². The van der Waals surface area contributed by atoms with Gasteiger partial charge in [-0.15, -0.1) is 0 Å². The van der Waals surface area contributed by atoms with Crippen LogP contribution in [0, 0.1) is 5.92 Å². The molecule has 8 heteroatoms. The molecule has 2 heterocycles. The summed E-state index contributed by atoms with van der Waals surface area (Å²) in [5.74, 6) is 0.100. The first-order chi connectivity index (χ1) is 12.1. The van der Waals surface area contributed by atoms with E-state index >= 15 is 0 Å².